The van der Waals surface area contributed by atoms with Crippen LogP contribution >= 0.6 is 0 Å². The van der Waals surface area contributed by atoms with Crippen molar-refractivity contribution in [2.24, 2.45) is 4.99 Å². The molecule has 10 heteroatoms. The quantitative estimate of drug-likeness (QED) is 0.491. The number of anilines is 2. The Morgan fingerprint density at radius 2 is 1.88 bits per heavy atom. The highest BCUT2D eigenvalue weighted by molar-refractivity contribution is 5.75. The third-order valence-electron chi connectivity index (χ3n) is 6.26. The Balaban J connectivity index is 1.48. The van der Waals surface area contributed by atoms with Crippen molar-refractivity contribution in [3.05, 3.63) is 35.7 Å². The van der Waals surface area contributed by atoms with Gasteiger partial charge < -0.3 is 24.6 Å². The summed E-state index contributed by atoms with van der Waals surface area (Å²) in [6.07, 6.45) is 10.2. The van der Waals surface area contributed by atoms with Gasteiger partial charge in [0.1, 0.15) is 5.69 Å². The summed E-state index contributed by atoms with van der Waals surface area (Å²) in [6, 6.07) is 2.01. The van der Waals surface area contributed by atoms with E-state index in [0.29, 0.717) is 13.2 Å². The maximum atomic E-state index is 5.54. The molecule has 1 aliphatic carbocycles. The maximum absolute atomic E-state index is 5.54. The molecule has 2 aromatic rings. The fourth-order valence-electron chi connectivity index (χ4n) is 4.42. The molecule has 0 saturated carbocycles. The standard InChI is InChI=1S/C24H34N8O2/c1-29(2)18-26-21-15-22(31-9-13-34-14-10-31)28-32-23(16-25-24(21)32)27-20-6-4-3-5-19(20)17-30-7-11-33-12-8-30/h4,6,15-16,18,27H,3,5,7-14,17H2,1-2H3. The minimum absolute atomic E-state index is 0.702. The molecule has 0 aromatic carbocycles. The largest absolute Gasteiger partial charge is 0.379 e. The van der Waals surface area contributed by atoms with Crippen molar-refractivity contribution >= 4 is 29.3 Å². The number of morpholine rings is 2. The molecule has 0 amide bonds. The van der Waals surface area contributed by atoms with E-state index in [-0.39, 0.29) is 0 Å². The number of hydrogen-bond acceptors (Lipinski definition) is 8. The number of allylic oxidation sites excluding steroid dienone is 2. The van der Waals surface area contributed by atoms with E-state index in [0.717, 1.165) is 87.4 Å². The third kappa shape index (κ3) is 5.24. The number of imidazole rings is 1. The molecule has 2 aromatic heterocycles. The Kier molecular flexibility index (Phi) is 7.08. The topological polar surface area (TPSA) is 82.8 Å². The number of nitrogens with zero attached hydrogens (tertiary/aromatic N) is 7. The van der Waals surface area contributed by atoms with Crippen LogP contribution in [0.5, 0.6) is 0 Å². The lowest BCUT2D eigenvalue weighted by atomic mass is 10.0. The summed E-state index contributed by atoms with van der Waals surface area (Å²) in [5.41, 5.74) is 4.07. The molecule has 0 spiro atoms. The van der Waals surface area contributed by atoms with Crippen molar-refractivity contribution in [3.8, 4) is 0 Å². The summed E-state index contributed by atoms with van der Waals surface area (Å²) in [6.45, 7) is 7.56. The first-order valence-corrected chi connectivity index (χ1v) is 12.0. The van der Waals surface area contributed by atoms with E-state index >= 15 is 0 Å². The summed E-state index contributed by atoms with van der Waals surface area (Å²) < 4.78 is 12.9. The number of aromatic nitrogens is 3. The van der Waals surface area contributed by atoms with E-state index in [2.05, 4.69) is 37.2 Å². The number of hydrogen-bond donors (Lipinski definition) is 1. The Morgan fingerprint density at radius 1 is 1.12 bits per heavy atom. The summed E-state index contributed by atoms with van der Waals surface area (Å²) in [7, 11) is 3.92. The fourth-order valence-corrected chi connectivity index (χ4v) is 4.42. The van der Waals surface area contributed by atoms with Crippen LogP contribution < -0.4 is 10.2 Å². The normalized spacial score (nSPS) is 20.0. The highest BCUT2D eigenvalue weighted by atomic mass is 16.5. The molecule has 2 fully saturated rings. The predicted molar refractivity (Wildman–Crippen MR) is 134 cm³/mol. The number of rotatable bonds is 7. The van der Waals surface area contributed by atoms with Gasteiger partial charge >= 0.3 is 0 Å². The minimum Gasteiger partial charge on any atom is -0.379 e. The van der Waals surface area contributed by atoms with Gasteiger partial charge in [0.2, 0.25) is 0 Å². The molecule has 4 heterocycles. The second-order valence-electron chi connectivity index (χ2n) is 9.05. The lowest BCUT2D eigenvalue weighted by Gasteiger charge is -2.29. The molecule has 34 heavy (non-hydrogen) atoms. The van der Waals surface area contributed by atoms with E-state index in [1.54, 1.807) is 6.34 Å². The van der Waals surface area contributed by atoms with Gasteiger partial charge in [0.15, 0.2) is 17.3 Å². The molecule has 1 N–H and O–H groups in total. The summed E-state index contributed by atoms with van der Waals surface area (Å²) >= 11 is 0. The smallest absolute Gasteiger partial charge is 0.182 e. The Bertz CT molecular complexity index is 1080. The first-order chi connectivity index (χ1) is 16.7. The Morgan fingerprint density at radius 3 is 2.65 bits per heavy atom. The van der Waals surface area contributed by atoms with Gasteiger partial charge in [0.05, 0.1) is 39.0 Å². The van der Waals surface area contributed by atoms with E-state index in [4.69, 9.17) is 14.6 Å². The Labute approximate surface area is 200 Å². The zero-order valence-corrected chi connectivity index (χ0v) is 20.1. The number of nitrogens with one attached hydrogen (secondary N) is 1. The fraction of sp³-hybridized carbons (Fsp3) is 0.542. The van der Waals surface area contributed by atoms with Crippen molar-refractivity contribution < 1.29 is 9.47 Å². The molecule has 3 aliphatic rings. The highest BCUT2D eigenvalue weighted by Gasteiger charge is 2.20. The van der Waals surface area contributed by atoms with Gasteiger partial charge in [0, 0.05) is 58.6 Å². The van der Waals surface area contributed by atoms with E-state index in [1.165, 1.54) is 5.57 Å². The molecular formula is C24H34N8O2. The van der Waals surface area contributed by atoms with Crippen molar-refractivity contribution in [3.63, 3.8) is 0 Å². The zero-order chi connectivity index (χ0) is 23.3. The third-order valence-corrected chi connectivity index (χ3v) is 6.26. The van der Waals surface area contributed by atoms with E-state index in [1.807, 2.05) is 35.8 Å². The van der Waals surface area contributed by atoms with Crippen LogP contribution in [0.1, 0.15) is 12.8 Å². The number of aliphatic imine (C=N–C) groups is 1. The molecule has 0 atom stereocenters. The van der Waals surface area contributed by atoms with Gasteiger partial charge in [-0.15, -0.1) is 5.10 Å². The van der Waals surface area contributed by atoms with Crippen molar-refractivity contribution in [1.82, 2.24) is 24.4 Å². The second-order valence-corrected chi connectivity index (χ2v) is 9.05. The lowest BCUT2D eigenvalue weighted by Crippen LogP contribution is -2.38. The second kappa shape index (κ2) is 10.5. The monoisotopic (exact) mass is 466 g/mol. The molecular weight excluding hydrogens is 432 g/mol. The molecule has 0 unspecified atom stereocenters. The SMILES string of the molecule is CN(C)C=Nc1cc(N2CCOCC2)nn2c(NC3=C(CN4CCOCC4)CCC=C3)cnc12. The molecule has 2 aliphatic heterocycles. The van der Waals surface area contributed by atoms with Gasteiger partial charge in [0.25, 0.3) is 0 Å². The highest BCUT2D eigenvalue weighted by Crippen LogP contribution is 2.29. The number of fused-ring (bicyclic) bond motifs is 1. The first-order valence-electron chi connectivity index (χ1n) is 12.0. The van der Waals surface area contributed by atoms with E-state index < -0.39 is 0 Å². The van der Waals surface area contributed by atoms with Crippen LogP contribution in [0, 0.1) is 0 Å². The van der Waals surface area contributed by atoms with E-state index in [9.17, 15) is 0 Å². The first kappa shape index (κ1) is 22.8. The average Bonchev–Trinajstić information content (AvgIpc) is 3.27. The molecule has 10 nitrogen and oxygen atoms in total. The zero-order valence-electron chi connectivity index (χ0n) is 20.1. The molecule has 0 bridgehead atoms. The van der Waals surface area contributed by atoms with Crippen LogP contribution in [-0.4, -0.2) is 104 Å². The van der Waals surface area contributed by atoms with Crippen LogP contribution in [0.25, 0.3) is 5.65 Å². The molecule has 182 valence electrons. The van der Waals surface area contributed by atoms with Crippen molar-refractivity contribution in [1.29, 1.82) is 0 Å². The molecule has 2 saturated heterocycles. The summed E-state index contributed by atoms with van der Waals surface area (Å²) in [5.74, 6) is 1.72. The number of ether oxygens (including phenoxy) is 2. The molecule has 0 radical (unpaired) electrons. The predicted octanol–water partition coefficient (Wildman–Crippen LogP) is 2.14. The van der Waals surface area contributed by atoms with Crippen LogP contribution in [0.2, 0.25) is 0 Å². The summed E-state index contributed by atoms with van der Waals surface area (Å²) in [5, 5.41) is 8.59. The van der Waals surface area contributed by atoms with Gasteiger partial charge in [-0.25, -0.2) is 9.98 Å². The van der Waals surface area contributed by atoms with Gasteiger partial charge in [-0.2, -0.15) is 4.52 Å². The minimum atomic E-state index is 0.702. The van der Waals surface area contributed by atoms with Crippen LogP contribution in [0.3, 0.4) is 0 Å². The van der Waals surface area contributed by atoms with Gasteiger partial charge in [-0.1, -0.05) is 6.08 Å². The lowest BCUT2D eigenvalue weighted by molar-refractivity contribution is 0.0419. The average molecular weight is 467 g/mol. The van der Waals surface area contributed by atoms with Crippen molar-refractivity contribution in [2.45, 2.75) is 12.8 Å². The summed E-state index contributed by atoms with van der Waals surface area (Å²) in [4.78, 5) is 16.0. The van der Waals surface area contributed by atoms with Crippen LogP contribution in [0.4, 0.5) is 17.3 Å². The Hall–Kier alpha value is -2.95. The van der Waals surface area contributed by atoms with Crippen LogP contribution in [0.15, 0.2) is 40.7 Å². The molecule has 5 rings (SSSR count). The van der Waals surface area contributed by atoms with Crippen molar-refractivity contribution in [2.75, 3.05) is 83.5 Å². The maximum Gasteiger partial charge on any atom is 0.182 e. The van der Waals surface area contributed by atoms with Gasteiger partial charge in [-0.05, 0) is 24.5 Å². The van der Waals surface area contributed by atoms with Crippen LogP contribution in [-0.2, 0) is 9.47 Å². The van der Waals surface area contributed by atoms with Gasteiger partial charge in [-0.3, -0.25) is 4.90 Å².